The number of carboxylic acids is 1. The van der Waals surface area contributed by atoms with Crippen LogP contribution in [0, 0.1) is 10.8 Å². The van der Waals surface area contributed by atoms with E-state index in [0.717, 1.165) is 12.8 Å². The van der Waals surface area contributed by atoms with Crippen LogP contribution in [0.15, 0.2) is 0 Å². The molecule has 1 rings (SSSR count). The van der Waals surface area contributed by atoms with Crippen molar-refractivity contribution in [1.82, 2.24) is 10.2 Å². The van der Waals surface area contributed by atoms with Gasteiger partial charge < -0.3 is 15.3 Å². The van der Waals surface area contributed by atoms with Gasteiger partial charge >= 0.3 is 12.0 Å². The monoisotopic (exact) mass is 284 g/mol. The van der Waals surface area contributed by atoms with E-state index in [-0.39, 0.29) is 11.4 Å². The molecule has 0 aromatic heterocycles. The molecule has 1 unspecified atom stereocenters. The zero-order valence-electron chi connectivity index (χ0n) is 13.2. The minimum atomic E-state index is -0.774. The molecule has 1 aliphatic heterocycles. The van der Waals surface area contributed by atoms with Crippen LogP contribution in [0.3, 0.4) is 0 Å². The minimum absolute atomic E-state index is 0.131. The number of likely N-dealkylation sites (tertiary alicyclic amines) is 1. The molecular weight excluding hydrogens is 256 g/mol. The largest absolute Gasteiger partial charge is 0.481 e. The molecule has 0 aromatic rings. The second-order valence-electron chi connectivity index (χ2n) is 7.05. The van der Waals surface area contributed by atoms with Crippen LogP contribution in [0.1, 0.15) is 53.4 Å². The number of carbonyl (C=O) groups is 2. The summed E-state index contributed by atoms with van der Waals surface area (Å²) in [6, 6.07) is -0.131. The van der Waals surface area contributed by atoms with Crippen LogP contribution in [0.25, 0.3) is 0 Å². The van der Waals surface area contributed by atoms with Crippen molar-refractivity contribution >= 4 is 12.0 Å². The molecule has 0 spiro atoms. The molecule has 1 saturated heterocycles. The third-order valence-corrected chi connectivity index (χ3v) is 3.97. The minimum Gasteiger partial charge on any atom is -0.481 e. The molecule has 20 heavy (non-hydrogen) atoms. The van der Waals surface area contributed by atoms with Crippen molar-refractivity contribution in [3.05, 3.63) is 0 Å². The molecule has 116 valence electrons. The second kappa shape index (κ2) is 6.46. The topological polar surface area (TPSA) is 69.6 Å². The van der Waals surface area contributed by atoms with Crippen molar-refractivity contribution in [3.8, 4) is 0 Å². The number of nitrogens with zero attached hydrogens (tertiary/aromatic N) is 1. The van der Waals surface area contributed by atoms with Gasteiger partial charge in [0.25, 0.3) is 0 Å². The molecule has 0 radical (unpaired) electrons. The number of amides is 2. The first-order chi connectivity index (χ1) is 9.20. The van der Waals surface area contributed by atoms with Crippen molar-refractivity contribution < 1.29 is 14.7 Å². The summed E-state index contributed by atoms with van der Waals surface area (Å²) in [5.74, 6) is -0.774. The summed E-state index contributed by atoms with van der Waals surface area (Å²) >= 11 is 0. The SMILES string of the molecule is CCCC1(C(=O)O)CCN(C(=O)NCCC(C)(C)C)C1. The maximum Gasteiger partial charge on any atom is 0.317 e. The fraction of sp³-hybridized carbons (Fsp3) is 0.867. The fourth-order valence-electron chi connectivity index (χ4n) is 2.67. The molecule has 1 heterocycles. The fourth-order valence-corrected chi connectivity index (χ4v) is 2.67. The molecule has 5 nitrogen and oxygen atoms in total. The van der Waals surface area contributed by atoms with E-state index in [2.05, 4.69) is 26.1 Å². The van der Waals surface area contributed by atoms with Gasteiger partial charge in [0.2, 0.25) is 0 Å². The van der Waals surface area contributed by atoms with E-state index in [0.29, 0.717) is 32.5 Å². The molecule has 0 aliphatic carbocycles. The van der Waals surface area contributed by atoms with Crippen LogP contribution in [0.5, 0.6) is 0 Å². The first-order valence-electron chi connectivity index (χ1n) is 7.46. The Morgan fingerprint density at radius 3 is 2.50 bits per heavy atom. The first-order valence-corrected chi connectivity index (χ1v) is 7.46. The third-order valence-electron chi connectivity index (χ3n) is 3.97. The van der Waals surface area contributed by atoms with Crippen LogP contribution in [0.2, 0.25) is 0 Å². The van der Waals surface area contributed by atoms with Gasteiger partial charge in [0.1, 0.15) is 0 Å². The molecular formula is C15H28N2O3. The molecule has 0 aromatic carbocycles. The van der Waals surface area contributed by atoms with Gasteiger partial charge in [-0.3, -0.25) is 4.79 Å². The maximum absolute atomic E-state index is 12.1. The van der Waals surface area contributed by atoms with E-state index in [9.17, 15) is 14.7 Å². The number of hydrogen-bond donors (Lipinski definition) is 2. The van der Waals surface area contributed by atoms with Gasteiger partial charge in [-0.05, 0) is 24.7 Å². The zero-order valence-corrected chi connectivity index (χ0v) is 13.2. The van der Waals surface area contributed by atoms with E-state index in [4.69, 9.17) is 0 Å². The molecule has 5 heteroatoms. The quantitative estimate of drug-likeness (QED) is 0.815. The van der Waals surface area contributed by atoms with E-state index >= 15 is 0 Å². The van der Waals surface area contributed by atoms with Gasteiger partial charge in [0, 0.05) is 19.6 Å². The summed E-state index contributed by atoms with van der Waals surface area (Å²) in [5.41, 5.74) is -0.554. The average molecular weight is 284 g/mol. The Morgan fingerprint density at radius 2 is 2.00 bits per heavy atom. The van der Waals surface area contributed by atoms with Gasteiger partial charge in [-0.1, -0.05) is 34.1 Å². The number of urea groups is 1. The molecule has 0 saturated carbocycles. The first kappa shape index (κ1) is 16.8. The summed E-state index contributed by atoms with van der Waals surface area (Å²) in [4.78, 5) is 25.2. The van der Waals surface area contributed by atoms with E-state index in [1.807, 2.05) is 6.92 Å². The standard InChI is InChI=1S/C15H28N2O3/c1-5-6-15(12(18)19)8-10-17(11-15)13(20)16-9-7-14(2,3)4/h5-11H2,1-4H3,(H,16,20)(H,18,19). The van der Waals surface area contributed by atoms with Gasteiger partial charge in [-0.25, -0.2) is 4.79 Å². The smallest absolute Gasteiger partial charge is 0.317 e. The van der Waals surface area contributed by atoms with Crippen molar-refractivity contribution in [2.45, 2.75) is 53.4 Å². The highest BCUT2D eigenvalue weighted by Gasteiger charge is 2.45. The van der Waals surface area contributed by atoms with Crippen molar-refractivity contribution in [2.24, 2.45) is 10.8 Å². The Balaban J connectivity index is 2.50. The average Bonchev–Trinajstić information content (AvgIpc) is 2.73. The number of rotatable bonds is 5. The Hall–Kier alpha value is -1.26. The molecule has 1 aliphatic rings. The Morgan fingerprint density at radius 1 is 1.35 bits per heavy atom. The van der Waals surface area contributed by atoms with Gasteiger partial charge in [-0.2, -0.15) is 0 Å². The Kier molecular flexibility index (Phi) is 5.42. The molecule has 0 bridgehead atoms. The molecule has 2 N–H and O–H groups in total. The van der Waals surface area contributed by atoms with E-state index < -0.39 is 11.4 Å². The van der Waals surface area contributed by atoms with Gasteiger partial charge in [0.15, 0.2) is 0 Å². The predicted octanol–water partition coefficient (Wildman–Crippen LogP) is 2.71. The lowest BCUT2D eigenvalue weighted by Crippen LogP contribution is -2.42. The lowest BCUT2D eigenvalue weighted by Gasteiger charge is -2.25. The molecule has 1 atom stereocenters. The summed E-state index contributed by atoms with van der Waals surface area (Å²) in [7, 11) is 0. The Labute approximate surface area is 121 Å². The Bertz CT molecular complexity index is 363. The normalized spacial score (nSPS) is 22.9. The summed E-state index contributed by atoms with van der Waals surface area (Å²) in [6.07, 6.45) is 2.92. The van der Waals surface area contributed by atoms with E-state index in [1.54, 1.807) is 4.90 Å². The number of nitrogens with one attached hydrogen (secondary N) is 1. The zero-order chi connectivity index (χ0) is 15.4. The molecule has 1 fully saturated rings. The summed E-state index contributed by atoms with van der Waals surface area (Å²) < 4.78 is 0. The highest BCUT2D eigenvalue weighted by molar-refractivity contribution is 5.79. The lowest BCUT2D eigenvalue weighted by atomic mass is 9.83. The van der Waals surface area contributed by atoms with Crippen LogP contribution in [-0.4, -0.2) is 41.6 Å². The number of carboxylic acid groups (broad SMARTS) is 1. The van der Waals surface area contributed by atoms with Crippen LogP contribution >= 0.6 is 0 Å². The van der Waals surface area contributed by atoms with Crippen molar-refractivity contribution in [3.63, 3.8) is 0 Å². The number of aliphatic carboxylic acids is 1. The van der Waals surface area contributed by atoms with Crippen molar-refractivity contribution in [2.75, 3.05) is 19.6 Å². The van der Waals surface area contributed by atoms with Crippen molar-refractivity contribution in [1.29, 1.82) is 0 Å². The highest BCUT2D eigenvalue weighted by Crippen LogP contribution is 2.35. The van der Waals surface area contributed by atoms with E-state index in [1.165, 1.54) is 0 Å². The van der Waals surface area contributed by atoms with Gasteiger partial charge in [-0.15, -0.1) is 0 Å². The number of carbonyl (C=O) groups excluding carboxylic acids is 1. The molecule has 2 amide bonds. The third kappa shape index (κ3) is 4.39. The summed E-state index contributed by atoms with van der Waals surface area (Å²) in [6.45, 7) is 9.87. The van der Waals surface area contributed by atoms with Crippen LogP contribution in [0.4, 0.5) is 4.79 Å². The highest BCUT2D eigenvalue weighted by atomic mass is 16.4. The predicted molar refractivity (Wildman–Crippen MR) is 78.6 cm³/mol. The van der Waals surface area contributed by atoms with Crippen LogP contribution < -0.4 is 5.32 Å². The lowest BCUT2D eigenvalue weighted by molar-refractivity contribution is -0.148. The number of hydrogen-bond acceptors (Lipinski definition) is 2. The second-order valence-corrected chi connectivity index (χ2v) is 7.05. The van der Waals surface area contributed by atoms with Crippen LogP contribution in [-0.2, 0) is 4.79 Å². The maximum atomic E-state index is 12.1. The summed E-state index contributed by atoms with van der Waals surface area (Å²) in [5, 5.41) is 12.3. The van der Waals surface area contributed by atoms with Gasteiger partial charge in [0.05, 0.1) is 5.41 Å².